The summed E-state index contributed by atoms with van der Waals surface area (Å²) in [7, 11) is -9.92. The van der Waals surface area contributed by atoms with Crippen LogP contribution in [-0.4, -0.2) is 96.7 Å². The second-order valence-electron chi connectivity index (χ2n) is 30.4. The van der Waals surface area contributed by atoms with E-state index in [1.807, 2.05) is 0 Å². The first-order chi connectivity index (χ1) is 49.4. The van der Waals surface area contributed by atoms with Crippen LogP contribution in [0, 0.1) is 11.8 Å². The Balaban J connectivity index is 5.22. The number of aliphatic hydroxyl groups excluding tert-OH is 1. The van der Waals surface area contributed by atoms with Crippen LogP contribution in [0.3, 0.4) is 0 Å². The van der Waals surface area contributed by atoms with Crippen LogP contribution in [0.2, 0.25) is 0 Å². The Morgan fingerprint density at radius 1 is 0.275 bits per heavy atom. The second kappa shape index (κ2) is 74.5. The number of rotatable bonds is 82. The van der Waals surface area contributed by atoms with Crippen molar-refractivity contribution < 1.29 is 80.2 Å². The Bertz CT molecular complexity index is 1960. The average molecular weight is 1490 g/mol. The van der Waals surface area contributed by atoms with Gasteiger partial charge in [0, 0.05) is 25.7 Å². The number of hydrogen-bond donors (Lipinski definition) is 3. The molecule has 0 aliphatic rings. The molecule has 0 saturated carbocycles. The number of hydrogen-bond acceptors (Lipinski definition) is 15. The molecule has 7 atom stereocenters. The van der Waals surface area contributed by atoms with Crippen LogP contribution in [0.1, 0.15) is 440 Å². The molecule has 0 rings (SSSR count). The molecule has 0 aromatic carbocycles. The summed E-state index contributed by atoms with van der Waals surface area (Å²) < 4.78 is 68.8. The van der Waals surface area contributed by atoms with Gasteiger partial charge in [0.05, 0.1) is 26.4 Å². The third-order valence-corrected chi connectivity index (χ3v) is 22.1. The van der Waals surface area contributed by atoms with Gasteiger partial charge in [0.15, 0.2) is 12.2 Å². The Morgan fingerprint density at radius 3 is 0.696 bits per heavy atom. The zero-order valence-corrected chi connectivity index (χ0v) is 68.7. The predicted molar refractivity (Wildman–Crippen MR) is 418 cm³/mol. The molecular formula is C83H162O17P2. The third-order valence-electron chi connectivity index (χ3n) is 20.2. The predicted octanol–water partition coefficient (Wildman–Crippen LogP) is 25.1. The van der Waals surface area contributed by atoms with E-state index in [0.29, 0.717) is 25.7 Å². The number of esters is 4. The van der Waals surface area contributed by atoms with Gasteiger partial charge in [-0.15, -0.1) is 0 Å². The maximum atomic E-state index is 13.1. The van der Waals surface area contributed by atoms with Gasteiger partial charge < -0.3 is 33.8 Å². The van der Waals surface area contributed by atoms with Gasteiger partial charge in [-0.25, -0.2) is 9.13 Å². The summed E-state index contributed by atoms with van der Waals surface area (Å²) in [5.74, 6) is -0.431. The number of aliphatic hydroxyl groups is 1. The number of ether oxygens (including phenoxy) is 4. The van der Waals surface area contributed by atoms with E-state index in [0.717, 1.165) is 102 Å². The lowest BCUT2D eigenvalue weighted by Crippen LogP contribution is -2.30. The summed E-state index contributed by atoms with van der Waals surface area (Å²) in [6.45, 7) is 9.73. The van der Waals surface area contributed by atoms with Crippen LogP contribution in [0.15, 0.2) is 0 Å². The number of carbonyl (C=O) groups is 4. The third kappa shape index (κ3) is 73.6. The highest BCUT2D eigenvalue weighted by atomic mass is 31.2. The highest BCUT2D eigenvalue weighted by Gasteiger charge is 2.30. The number of carbonyl (C=O) groups excluding carboxylic acids is 4. The van der Waals surface area contributed by atoms with Gasteiger partial charge in [-0.1, -0.05) is 388 Å². The molecule has 3 N–H and O–H groups in total. The van der Waals surface area contributed by atoms with Gasteiger partial charge in [-0.2, -0.15) is 0 Å². The van der Waals surface area contributed by atoms with E-state index in [1.165, 1.54) is 257 Å². The van der Waals surface area contributed by atoms with E-state index in [1.54, 1.807) is 0 Å². The minimum atomic E-state index is -4.96. The summed E-state index contributed by atoms with van der Waals surface area (Å²) in [4.78, 5) is 73.1. The Hall–Kier alpha value is -1.94. The first kappa shape index (κ1) is 100. The quantitative estimate of drug-likeness (QED) is 0.0222. The van der Waals surface area contributed by atoms with Crippen LogP contribution < -0.4 is 0 Å². The Morgan fingerprint density at radius 2 is 0.471 bits per heavy atom. The summed E-state index contributed by atoms with van der Waals surface area (Å²) in [6.07, 6.45) is 65.1. The largest absolute Gasteiger partial charge is 0.472 e. The van der Waals surface area contributed by atoms with E-state index >= 15 is 0 Å². The van der Waals surface area contributed by atoms with Crippen molar-refractivity contribution in [2.75, 3.05) is 39.6 Å². The van der Waals surface area contributed by atoms with Gasteiger partial charge in [0.25, 0.3) is 0 Å². The zero-order valence-electron chi connectivity index (χ0n) is 66.9. The number of unbranched alkanes of at least 4 members (excludes halogenated alkanes) is 50. The Kier molecular flexibility index (Phi) is 73.1. The highest BCUT2D eigenvalue weighted by molar-refractivity contribution is 7.47. The van der Waals surface area contributed by atoms with E-state index in [9.17, 15) is 43.2 Å². The maximum absolute atomic E-state index is 13.1. The molecule has 0 fully saturated rings. The van der Waals surface area contributed by atoms with E-state index in [2.05, 4.69) is 41.5 Å². The minimum Gasteiger partial charge on any atom is -0.462 e. The van der Waals surface area contributed by atoms with Crippen LogP contribution in [0.4, 0.5) is 0 Å². The standard InChI is InChI=1S/C83H162O17P2/c1-7-11-13-15-17-19-21-22-23-29-32-35-42-48-54-60-66-81(86)94-72-79(99-82(87)67-61-55-49-43-36-33-30-27-25-24-26-28-31-34-39-45-51-57-63-75(5)9-3)74-98-102(91,92)96-70-77(84)69-95-101(89,90)97-73-78(71-93-80(85)65-59-53-47-41-20-18-16-14-12-8-2)100-83(88)68-62-56-50-44-38-37-40-46-52-58-64-76(6)10-4/h75-79,84H,7-74H2,1-6H3,(H,89,90)(H,91,92)/t75?,76?,77-,78+,79+/m0/s1. The van der Waals surface area contributed by atoms with Crippen molar-refractivity contribution in [1.82, 2.24) is 0 Å². The summed E-state index contributed by atoms with van der Waals surface area (Å²) in [5, 5.41) is 10.7. The minimum absolute atomic E-state index is 0.107. The first-order valence-corrected chi connectivity index (χ1v) is 46.1. The van der Waals surface area contributed by atoms with Gasteiger partial charge in [-0.05, 0) is 37.5 Å². The molecule has 0 saturated heterocycles. The van der Waals surface area contributed by atoms with Gasteiger partial charge in [0.1, 0.15) is 19.3 Å². The molecular weight excluding hydrogens is 1330 g/mol. The van der Waals surface area contributed by atoms with Crippen molar-refractivity contribution in [3.63, 3.8) is 0 Å². The van der Waals surface area contributed by atoms with Crippen LogP contribution in [0.5, 0.6) is 0 Å². The number of phosphoric ester groups is 2. The smallest absolute Gasteiger partial charge is 0.462 e. The molecule has 17 nitrogen and oxygen atoms in total. The van der Waals surface area contributed by atoms with Crippen LogP contribution >= 0.6 is 15.6 Å². The van der Waals surface area contributed by atoms with Crippen molar-refractivity contribution >= 4 is 39.5 Å². The molecule has 0 aromatic heterocycles. The average Bonchev–Trinajstić information content (AvgIpc) is 0.917. The molecule has 4 unspecified atom stereocenters. The summed E-state index contributed by atoms with van der Waals surface area (Å²) in [6, 6.07) is 0. The van der Waals surface area contributed by atoms with Crippen molar-refractivity contribution in [1.29, 1.82) is 0 Å². The fourth-order valence-electron chi connectivity index (χ4n) is 12.8. The second-order valence-corrected chi connectivity index (χ2v) is 33.3. The van der Waals surface area contributed by atoms with E-state index < -0.39 is 97.5 Å². The highest BCUT2D eigenvalue weighted by Crippen LogP contribution is 2.45. The van der Waals surface area contributed by atoms with Gasteiger partial charge in [-0.3, -0.25) is 37.3 Å². The number of phosphoric acid groups is 2. The molecule has 606 valence electrons. The van der Waals surface area contributed by atoms with Crippen molar-refractivity contribution in [3.8, 4) is 0 Å². The van der Waals surface area contributed by atoms with E-state index in [-0.39, 0.29) is 25.7 Å². The molecule has 0 bridgehead atoms. The normalized spacial score (nSPS) is 14.4. The molecule has 0 aliphatic heterocycles. The van der Waals surface area contributed by atoms with Crippen molar-refractivity contribution in [3.05, 3.63) is 0 Å². The van der Waals surface area contributed by atoms with Crippen LogP contribution in [-0.2, 0) is 65.4 Å². The molecule has 19 heteroatoms. The lowest BCUT2D eigenvalue weighted by Gasteiger charge is -2.21. The Labute approximate surface area is 626 Å². The fraction of sp³-hybridized carbons (Fsp3) is 0.952. The molecule has 0 aliphatic carbocycles. The maximum Gasteiger partial charge on any atom is 0.472 e. The van der Waals surface area contributed by atoms with Crippen molar-refractivity contribution in [2.24, 2.45) is 11.8 Å². The lowest BCUT2D eigenvalue weighted by atomic mass is 9.99. The molecule has 0 heterocycles. The van der Waals surface area contributed by atoms with Gasteiger partial charge >= 0.3 is 39.5 Å². The SMILES string of the molecule is CCCCCCCCCCCCCCCCCCC(=O)OC[C@H](COP(=O)(O)OC[C@@H](O)COP(=O)(O)OC[C@@H](COC(=O)CCCCCCCCCCCC)OC(=O)CCCCCCCCCCCCC(C)CC)OC(=O)CCCCCCCCCCCCCCCCCCCCC(C)CC. The lowest BCUT2D eigenvalue weighted by molar-refractivity contribution is -0.161. The molecule has 0 amide bonds. The molecule has 102 heavy (non-hydrogen) atoms. The van der Waals surface area contributed by atoms with E-state index in [4.69, 9.17) is 37.0 Å². The van der Waals surface area contributed by atoms with Crippen LogP contribution in [0.25, 0.3) is 0 Å². The zero-order chi connectivity index (χ0) is 74.9. The summed E-state index contributed by atoms with van der Waals surface area (Å²) in [5.41, 5.74) is 0. The molecule has 0 spiro atoms. The molecule has 0 radical (unpaired) electrons. The first-order valence-electron chi connectivity index (χ1n) is 43.1. The van der Waals surface area contributed by atoms with Crippen molar-refractivity contribution in [2.45, 2.75) is 458 Å². The fourth-order valence-corrected chi connectivity index (χ4v) is 14.4. The molecule has 0 aromatic rings. The van der Waals surface area contributed by atoms with Gasteiger partial charge in [0.2, 0.25) is 0 Å². The monoisotopic (exact) mass is 1490 g/mol. The topological polar surface area (TPSA) is 237 Å². The summed E-state index contributed by atoms with van der Waals surface area (Å²) >= 11 is 0.